The smallest absolute Gasteiger partial charge is 0.164 e. The van der Waals surface area contributed by atoms with E-state index >= 15 is 0 Å². The van der Waals surface area contributed by atoms with Gasteiger partial charge < -0.3 is 4.42 Å². The maximum absolute atomic E-state index is 6.74. The predicted octanol–water partition coefficient (Wildman–Crippen LogP) is 15.1. The lowest BCUT2D eigenvalue weighted by atomic mass is 9.70. The fourth-order valence-electron chi connectivity index (χ4n) is 11.1. The van der Waals surface area contributed by atoms with Crippen LogP contribution in [0.25, 0.3) is 111 Å². The van der Waals surface area contributed by atoms with Gasteiger partial charge in [-0.25, -0.2) is 15.0 Å². The number of rotatable bonds is 4. The van der Waals surface area contributed by atoms with Crippen LogP contribution in [-0.2, 0) is 5.41 Å². The van der Waals surface area contributed by atoms with Gasteiger partial charge in [-0.2, -0.15) is 0 Å². The summed E-state index contributed by atoms with van der Waals surface area (Å²) in [4.78, 5) is 16.0. The minimum absolute atomic E-state index is 0.475. The molecule has 0 saturated heterocycles. The Morgan fingerprint density at radius 1 is 0.312 bits per heavy atom. The Balaban J connectivity index is 0.996. The maximum atomic E-state index is 6.74. The molecule has 0 atom stereocenters. The van der Waals surface area contributed by atoms with Crippen molar-refractivity contribution in [3.05, 3.63) is 235 Å². The summed E-state index contributed by atoms with van der Waals surface area (Å²) in [5.74, 6) is 1.86. The zero-order valence-electron chi connectivity index (χ0n) is 34.5. The van der Waals surface area contributed by atoms with Crippen LogP contribution in [0, 0.1) is 0 Å². The molecule has 0 bridgehead atoms. The molecule has 0 amide bonds. The highest BCUT2D eigenvalue weighted by atomic mass is 16.3. The molecule has 4 nitrogen and oxygen atoms in total. The van der Waals surface area contributed by atoms with E-state index < -0.39 is 5.41 Å². The van der Waals surface area contributed by atoms with Crippen LogP contribution in [0.15, 0.2) is 217 Å². The molecular weight excluding hydrogens is 779 g/mol. The first-order valence-corrected chi connectivity index (χ1v) is 21.9. The summed E-state index contributed by atoms with van der Waals surface area (Å²) in [6.07, 6.45) is 0. The SMILES string of the molecule is c1ccc(-c2nc(-c3ccc4oc5cc(-c6cccc7ccccc67)c6ccccc6c5c4c3)nc(-c3cccc4c3-c3ccccc3C43c4ccccc4-c4ccccc43)n2)cc1. The molecule has 2 heterocycles. The van der Waals surface area contributed by atoms with Crippen molar-refractivity contribution >= 4 is 43.5 Å². The Labute approximate surface area is 368 Å². The van der Waals surface area contributed by atoms with Gasteiger partial charge in [0.05, 0.1) is 5.41 Å². The minimum atomic E-state index is -0.475. The van der Waals surface area contributed by atoms with Crippen molar-refractivity contribution in [3.63, 3.8) is 0 Å². The third-order valence-electron chi connectivity index (χ3n) is 13.7. The number of nitrogens with zero attached hydrogens (tertiary/aromatic N) is 3. The van der Waals surface area contributed by atoms with Crippen molar-refractivity contribution in [3.8, 4) is 67.5 Å². The third kappa shape index (κ3) is 4.79. The van der Waals surface area contributed by atoms with Crippen LogP contribution in [0.5, 0.6) is 0 Å². The zero-order chi connectivity index (χ0) is 41.9. The third-order valence-corrected chi connectivity index (χ3v) is 13.7. The van der Waals surface area contributed by atoms with Gasteiger partial charge in [0.1, 0.15) is 11.2 Å². The molecule has 0 radical (unpaired) electrons. The van der Waals surface area contributed by atoms with Crippen LogP contribution < -0.4 is 0 Å². The standard InChI is InChI=1S/C60H35N3O/c1-2-17-37(18-3-1)57-61-58(38-32-33-53-48(34-38)56-44-24-7-6-21-41(44)47(35-54(56)64-53)40-26-14-19-36-16-4-5-20-39(36)40)63-59(62-57)46-27-15-31-52-55(46)45-25-10-13-30-51(45)60(52)49-28-11-8-22-42(49)43-23-9-12-29-50(43)60/h1-35H. The van der Waals surface area contributed by atoms with Gasteiger partial charge in [-0.15, -0.1) is 0 Å². The van der Waals surface area contributed by atoms with Crippen molar-refractivity contribution in [2.45, 2.75) is 5.41 Å². The van der Waals surface area contributed by atoms with Gasteiger partial charge in [-0.1, -0.05) is 188 Å². The van der Waals surface area contributed by atoms with Gasteiger partial charge in [0.2, 0.25) is 0 Å². The average molecular weight is 814 g/mol. The molecule has 14 rings (SSSR count). The van der Waals surface area contributed by atoms with E-state index in [1.54, 1.807) is 0 Å². The summed E-state index contributed by atoms with van der Waals surface area (Å²) in [6.45, 7) is 0. The van der Waals surface area contributed by atoms with Crippen molar-refractivity contribution in [1.29, 1.82) is 0 Å². The highest BCUT2D eigenvalue weighted by Gasteiger charge is 2.52. The Morgan fingerprint density at radius 3 is 1.64 bits per heavy atom. The summed E-state index contributed by atoms with van der Waals surface area (Å²) in [7, 11) is 0. The van der Waals surface area contributed by atoms with Crippen molar-refractivity contribution in [2.24, 2.45) is 0 Å². The van der Waals surface area contributed by atoms with E-state index in [0.717, 1.165) is 55.1 Å². The van der Waals surface area contributed by atoms with E-state index in [1.165, 1.54) is 60.7 Å². The molecule has 0 saturated carbocycles. The largest absolute Gasteiger partial charge is 0.456 e. The predicted molar refractivity (Wildman–Crippen MR) is 260 cm³/mol. The Hall–Kier alpha value is -8.47. The summed E-state index contributed by atoms with van der Waals surface area (Å²) in [5.41, 5.74) is 16.4. The van der Waals surface area contributed by atoms with E-state index in [1.807, 2.05) is 18.2 Å². The van der Waals surface area contributed by atoms with E-state index in [4.69, 9.17) is 19.4 Å². The lowest BCUT2D eigenvalue weighted by Gasteiger charge is -2.30. The number of hydrogen-bond acceptors (Lipinski definition) is 4. The molecule has 4 heteroatoms. The molecule has 296 valence electrons. The van der Waals surface area contributed by atoms with E-state index in [2.05, 4.69) is 194 Å². The second-order valence-corrected chi connectivity index (χ2v) is 17.0. The molecule has 0 unspecified atom stereocenters. The summed E-state index contributed by atoms with van der Waals surface area (Å²) in [6, 6.07) is 76.0. The Kier molecular flexibility index (Phi) is 7.29. The number of aromatic nitrogens is 3. The second-order valence-electron chi connectivity index (χ2n) is 17.0. The molecule has 2 aliphatic rings. The van der Waals surface area contributed by atoms with E-state index in [-0.39, 0.29) is 0 Å². The molecule has 1 spiro atoms. The summed E-state index contributed by atoms with van der Waals surface area (Å²) < 4.78 is 6.74. The van der Waals surface area contributed by atoms with Crippen molar-refractivity contribution in [1.82, 2.24) is 15.0 Å². The van der Waals surface area contributed by atoms with Crippen LogP contribution in [0.4, 0.5) is 0 Å². The van der Waals surface area contributed by atoms with Crippen LogP contribution in [-0.4, -0.2) is 15.0 Å². The maximum Gasteiger partial charge on any atom is 0.164 e. The fourth-order valence-corrected chi connectivity index (χ4v) is 11.1. The highest BCUT2D eigenvalue weighted by Crippen LogP contribution is 2.63. The number of furan rings is 1. The monoisotopic (exact) mass is 813 g/mol. The molecule has 64 heavy (non-hydrogen) atoms. The topological polar surface area (TPSA) is 51.8 Å². The summed E-state index contributed by atoms with van der Waals surface area (Å²) in [5, 5.41) is 6.84. The molecule has 10 aromatic carbocycles. The van der Waals surface area contributed by atoms with Gasteiger partial charge in [-0.3, -0.25) is 0 Å². The van der Waals surface area contributed by atoms with E-state index in [9.17, 15) is 0 Å². The molecule has 2 aliphatic carbocycles. The quantitative estimate of drug-likeness (QED) is 0.178. The number of fused-ring (bicyclic) bond motifs is 16. The molecule has 0 aliphatic heterocycles. The molecule has 0 N–H and O–H groups in total. The normalized spacial score (nSPS) is 13.1. The average Bonchev–Trinajstić information content (AvgIpc) is 4.00. The highest BCUT2D eigenvalue weighted by molar-refractivity contribution is 6.23. The minimum Gasteiger partial charge on any atom is -0.456 e. The van der Waals surface area contributed by atoms with Gasteiger partial charge in [0, 0.05) is 27.5 Å². The van der Waals surface area contributed by atoms with Crippen molar-refractivity contribution in [2.75, 3.05) is 0 Å². The summed E-state index contributed by atoms with van der Waals surface area (Å²) >= 11 is 0. The first-order chi connectivity index (χ1) is 31.7. The van der Waals surface area contributed by atoms with Crippen LogP contribution in [0.2, 0.25) is 0 Å². The number of benzene rings is 10. The lowest BCUT2D eigenvalue weighted by Crippen LogP contribution is -2.25. The van der Waals surface area contributed by atoms with E-state index in [0.29, 0.717) is 17.5 Å². The molecule has 0 fully saturated rings. The van der Waals surface area contributed by atoms with Gasteiger partial charge in [0.25, 0.3) is 0 Å². The second kappa shape index (κ2) is 13.3. The van der Waals surface area contributed by atoms with Gasteiger partial charge >= 0.3 is 0 Å². The first kappa shape index (κ1) is 35.2. The number of hydrogen-bond donors (Lipinski definition) is 0. The van der Waals surface area contributed by atoms with Gasteiger partial charge in [-0.05, 0) is 101 Å². The molecule has 2 aromatic heterocycles. The molecule has 12 aromatic rings. The Bertz CT molecular complexity index is 3870. The molecular formula is C60H35N3O. The lowest BCUT2D eigenvalue weighted by molar-refractivity contribution is 0.669. The van der Waals surface area contributed by atoms with Crippen LogP contribution in [0.3, 0.4) is 0 Å². The van der Waals surface area contributed by atoms with Crippen molar-refractivity contribution < 1.29 is 4.42 Å². The van der Waals surface area contributed by atoms with Crippen LogP contribution >= 0.6 is 0 Å². The van der Waals surface area contributed by atoms with Crippen LogP contribution in [0.1, 0.15) is 22.3 Å². The Morgan fingerprint density at radius 2 is 0.859 bits per heavy atom. The fraction of sp³-hybridized carbons (Fsp3) is 0.0167. The van der Waals surface area contributed by atoms with Gasteiger partial charge in [0.15, 0.2) is 17.5 Å². The first-order valence-electron chi connectivity index (χ1n) is 21.9. The zero-order valence-corrected chi connectivity index (χ0v) is 34.5.